The zero-order valence-corrected chi connectivity index (χ0v) is 16.4. The minimum atomic E-state index is -0.680. The van der Waals surface area contributed by atoms with E-state index in [2.05, 4.69) is 20.2 Å². The summed E-state index contributed by atoms with van der Waals surface area (Å²) in [7, 11) is 1.75. The second kappa shape index (κ2) is 8.58. The maximum Gasteiger partial charge on any atom is 0.268 e. The van der Waals surface area contributed by atoms with Gasteiger partial charge in [0.2, 0.25) is 5.95 Å². The van der Waals surface area contributed by atoms with Crippen LogP contribution in [0.2, 0.25) is 0 Å². The molecule has 1 amide bonds. The van der Waals surface area contributed by atoms with Crippen molar-refractivity contribution in [1.29, 1.82) is 0 Å². The van der Waals surface area contributed by atoms with E-state index in [0.717, 1.165) is 30.3 Å². The molecule has 0 aliphatic carbocycles. The fraction of sp³-hybridized carbons (Fsp3) is 0.286. The highest BCUT2D eigenvalue weighted by Gasteiger charge is 2.16. The third-order valence-electron chi connectivity index (χ3n) is 4.88. The number of halogens is 2. The van der Waals surface area contributed by atoms with E-state index in [9.17, 15) is 13.6 Å². The summed E-state index contributed by atoms with van der Waals surface area (Å²) in [6.07, 6.45) is 5.26. The predicted octanol–water partition coefficient (Wildman–Crippen LogP) is 2.53. The molecule has 1 N–H and O–H groups in total. The highest BCUT2D eigenvalue weighted by atomic mass is 19.1. The van der Waals surface area contributed by atoms with Gasteiger partial charge in [-0.3, -0.25) is 4.79 Å². The van der Waals surface area contributed by atoms with Gasteiger partial charge in [0.05, 0.1) is 13.2 Å². The molecule has 7 nitrogen and oxygen atoms in total. The number of anilines is 1. The molecule has 0 bridgehead atoms. The van der Waals surface area contributed by atoms with E-state index >= 15 is 0 Å². The number of hydrogen-bond donors (Lipinski definition) is 1. The molecule has 0 saturated carbocycles. The summed E-state index contributed by atoms with van der Waals surface area (Å²) in [5.41, 5.74) is 2.35. The van der Waals surface area contributed by atoms with Gasteiger partial charge in [-0.05, 0) is 23.8 Å². The van der Waals surface area contributed by atoms with Crippen molar-refractivity contribution in [3.05, 3.63) is 65.7 Å². The lowest BCUT2D eigenvalue weighted by Crippen LogP contribution is -2.37. The minimum Gasteiger partial charge on any atom is -0.378 e. The van der Waals surface area contributed by atoms with Crippen molar-refractivity contribution in [3.63, 3.8) is 0 Å². The third kappa shape index (κ3) is 4.46. The van der Waals surface area contributed by atoms with Crippen LogP contribution in [0.5, 0.6) is 0 Å². The fourth-order valence-corrected chi connectivity index (χ4v) is 3.33. The summed E-state index contributed by atoms with van der Waals surface area (Å²) in [6, 6.07) is 4.90. The maximum atomic E-state index is 13.3. The van der Waals surface area contributed by atoms with Crippen LogP contribution >= 0.6 is 0 Å². The van der Waals surface area contributed by atoms with Crippen LogP contribution < -0.4 is 10.2 Å². The molecule has 1 saturated heterocycles. The molecule has 1 aliphatic rings. The van der Waals surface area contributed by atoms with E-state index in [4.69, 9.17) is 4.74 Å². The minimum absolute atomic E-state index is 0.0192. The molecule has 30 heavy (non-hydrogen) atoms. The van der Waals surface area contributed by atoms with Crippen molar-refractivity contribution < 1.29 is 18.3 Å². The van der Waals surface area contributed by atoms with Crippen LogP contribution in [0.1, 0.15) is 16.1 Å². The summed E-state index contributed by atoms with van der Waals surface area (Å²) < 4.78 is 33.6. The first-order valence-corrected chi connectivity index (χ1v) is 9.54. The Morgan fingerprint density at radius 1 is 1.07 bits per heavy atom. The van der Waals surface area contributed by atoms with Crippen LogP contribution in [0.4, 0.5) is 14.7 Å². The lowest BCUT2D eigenvalue weighted by Gasteiger charge is -2.26. The van der Waals surface area contributed by atoms with Crippen molar-refractivity contribution >= 4 is 11.9 Å². The van der Waals surface area contributed by atoms with E-state index < -0.39 is 11.6 Å². The van der Waals surface area contributed by atoms with Crippen molar-refractivity contribution in [2.24, 2.45) is 7.05 Å². The second-order valence-corrected chi connectivity index (χ2v) is 7.06. The molecule has 9 heteroatoms. The average molecular weight is 413 g/mol. The van der Waals surface area contributed by atoms with Crippen LogP contribution in [0.15, 0.2) is 42.9 Å². The SMILES string of the molecule is Cn1cc(-c2cnc(N3CCOCC3)nc2)cc1C(=O)NCc1cc(F)cc(F)c1. The van der Waals surface area contributed by atoms with E-state index in [1.54, 1.807) is 30.1 Å². The Hall–Kier alpha value is -3.33. The Labute approximate surface area is 172 Å². The molecular weight excluding hydrogens is 392 g/mol. The van der Waals surface area contributed by atoms with Gasteiger partial charge in [-0.25, -0.2) is 18.7 Å². The number of nitrogens with zero attached hydrogens (tertiary/aromatic N) is 4. The Morgan fingerprint density at radius 3 is 2.40 bits per heavy atom. The summed E-state index contributed by atoms with van der Waals surface area (Å²) in [4.78, 5) is 23.5. The van der Waals surface area contributed by atoms with Crippen molar-refractivity contribution in [2.75, 3.05) is 31.2 Å². The quantitative estimate of drug-likeness (QED) is 0.696. The van der Waals surface area contributed by atoms with Gasteiger partial charge in [-0.2, -0.15) is 0 Å². The van der Waals surface area contributed by atoms with Crippen LogP contribution in [-0.2, 0) is 18.3 Å². The number of rotatable bonds is 5. The van der Waals surface area contributed by atoms with E-state index in [0.29, 0.717) is 30.4 Å². The van der Waals surface area contributed by atoms with Crippen molar-refractivity contribution in [3.8, 4) is 11.1 Å². The molecule has 0 spiro atoms. The lowest BCUT2D eigenvalue weighted by molar-refractivity contribution is 0.0942. The highest BCUT2D eigenvalue weighted by molar-refractivity contribution is 5.94. The fourth-order valence-electron chi connectivity index (χ4n) is 3.33. The van der Waals surface area contributed by atoms with Gasteiger partial charge in [0.15, 0.2) is 0 Å². The molecule has 1 fully saturated rings. The maximum absolute atomic E-state index is 13.3. The summed E-state index contributed by atoms with van der Waals surface area (Å²) >= 11 is 0. The molecule has 3 heterocycles. The Morgan fingerprint density at radius 2 is 1.73 bits per heavy atom. The molecule has 2 aromatic heterocycles. The molecule has 0 radical (unpaired) electrons. The number of amides is 1. The standard InChI is InChI=1S/C21H21F2N5O2/c1-27-13-15(16-11-25-21(26-12-16)28-2-4-30-5-3-28)8-19(27)20(29)24-10-14-6-17(22)9-18(23)7-14/h6-9,11-13H,2-5,10H2,1H3,(H,24,29). The first-order chi connectivity index (χ1) is 14.5. The first kappa shape index (κ1) is 20.0. The monoisotopic (exact) mass is 413 g/mol. The summed E-state index contributed by atoms with van der Waals surface area (Å²) in [6.45, 7) is 2.84. The molecule has 4 rings (SSSR count). The molecule has 1 aliphatic heterocycles. The number of aromatic nitrogens is 3. The van der Waals surface area contributed by atoms with E-state index in [-0.39, 0.29) is 12.5 Å². The summed E-state index contributed by atoms with van der Waals surface area (Å²) in [5, 5.41) is 2.68. The predicted molar refractivity (Wildman–Crippen MR) is 107 cm³/mol. The van der Waals surface area contributed by atoms with E-state index in [1.165, 1.54) is 12.1 Å². The number of nitrogens with one attached hydrogen (secondary N) is 1. The van der Waals surface area contributed by atoms with Gasteiger partial charge >= 0.3 is 0 Å². The van der Waals surface area contributed by atoms with Crippen LogP contribution in [0.25, 0.3) is 11.1 Å². The third-order valence-corrected chi connectivity index (χ3v) is 4.88. The zero-order chi connectivity index (χ0) is 21.1. The number of aryl methyl sites for hydroxylation is 1. The van der Waals surface area contributed by atoms with Crippen LogP contribution in [0, 0.1) is 11.6 Å². The second-order valence-electron chi connectivity index (χ2n) is 7.06. The van der Waals surface area contributed by atoms with Gasteiger partial charge in [0.1, 0.15) is 17.3 Å². The first-order valence-electron chi connectivity index (χ1n) is 9.54. The van der Waals surface area contributed by atoms with Gasteiger partial charge in [-0.1, -0.05) is 0 Å². The van der Waals surface area contributed by atoms with Gasteiger partial charge < -0.3 is 19.5 Å². The number of carbonyl (C=O) groups is 1. The topological polar surface area (TPSA) is 72.3 Å². The Balaban J connectivity index is 1.45. The number of ether oxygens (including phenoxy) is 1. The summed E-state index contributed by atoms with van der Waals surface area (Å²) in [5.74, 6) is -1.06. The number of hydrogen-bond acceptors (Lipinski definition) is 5. The molecule has 0 unspecified atom stereocenters. The average Bonchev–Trinajstić information content (AvgIpc) is 3.14. The van der Waals surface area contributed by atoms with E-state index in [1.807, 2.05) is 6.20 Å². The molecule has 156 valence electrons. The number of morpholine rings is 1. The van der Waals surface area contributed by atoms with Gasteiger partial charge in [0, 0.05) is 62.5 Å². The normalized spacial score (nSPS) is 14.0. The Kier molecular flexibility index (Phi) is 5.71. The molecule has 0 atom stereocenters. The smallest absolute Gasteiger partial charge is 0.268 e. The number of benzene rings is 1. The lowest BCUT2D eigenvalue weighted by atomic mass is 10.2. The van der Waals surface area contributed by atoms with Crippen LogP contribution in [0.3, 0.4) is 0 Å². The van der Waals surface area contributed by atoms with Crippen LogP contribution in [-0.4, -0.2) is 46.7 Å². The van der Waals surface area contributed by atoms with Crippen molar-refractivity contribution in [2.45, 2.75) is 6.54 Å². The largest absolute Gasteiger partial charge is 0.378 e. The van der Waals surface area contributed by atoms with Crippen molar-refractivity contribution in [1.82, 2.24) is 19.9 Å². The molecule has 1 aromatic carbocycles. The molecule has 3 aromatic rings. The highest BCUT2D eigenvalue weighted by Crippen LogP contribution is 2.22. The number of carbonyl (C=O) groups excluding carboxylic acids is 1. The van der Waals surface area contributed by atoms with Gasteiger partial charge in [-0.15, -0.1) is 0 Å². The Bertz CT molecular complexity index is 1030. The molecular formula is C21H21F2N5O2. The van der Waals surface area contributed by atoms with Gasteiger partial charge in [0.25, 0.3) is 5.91 Å². The zero-order valence-electron chi connectivity index (χ0n) is 16.4.